The summed E-state index contributed by atoms with van der Waals surface area (Å²) in [6.45, 7) is 2.59. The highest BCUT2D eigenvalue weighted by Gasteiger charge is 2.13. The van der Waals surface area contributed by atoms with Gasteiger partial charge in [-0.25, -0.2) is 0 Å². The van der Waals surface area contributed by atoms with Gasteiger partial charge in [0.1, 0.15) is 5.01 Å². The van der Waals surface area contributed by atoms with Crippen molar-refractivity contribution in [2.24, 2.45) is 0 Å². The molecule has 0 saturated carbocycles. The van der Waals surface area contributed by atoms with Crippen LogP contribution < -0.4 is 10.2 Å². The highest BCUT2D eigenvalue weighted by molar-refractivity contribution is 7.15. The van der Waals surface area contributed by atoms with Crippen LogP contribution in [0.1, 0.15) is 20.9 Å². The second-order valence-electron chi connectivity index (χ2n) is 5.25. The van der Waals surface area contributed by atoms with E-state index in [2.05, 4.69) is 20.5 Å². The molecule has 0 aliphatic carbocycles. The maximum atomic E-state index is 12.4. The fourth-order valence-corrected chi connectivity index (χ4v) is 2.78. The van der Waals surface area contributed by atoms with Crippen molar-refractivity contribution >= 4 is 28.1 Å². The molecular weight excluding hydrogens is 322 g/mol. The number of carbonyl (C=O) groups is 1. The van der Waals surface area contributed by atoms with Crippen molar-refractivity contribution in [3.63, 3.8) is 0 Å². The zero-order valence-electron chi connectivity index (χ0n) is 13.4. The van der Waals surface area contributed by atoms with Crippen molar-refractivity contribution in [1.29, 1.82) is 0 Å². The number of rotatable bonds is 5. The molecule has 2 heterocycles. The van der Waals surface area contributed by atoms with Crippen molar-refractivity contribution in [2.45, 2.75) is 13.5 Å². The number of nitrogens with one attached hydrogen (secondary N) is 1. The Balaban J connectivity index is 1.64. The van der Waals surface area contributed by atoms with E-state index in [-0.39, 0.29) is 5.91 Å². The Morgan fingerprint density at radius 3 is 2.46 bits per heavy atom. The quantitative estimate of drug-likeness (QED) is 0.773. The average Bonchev–Trinajstić information content (AvgIpc) is 3.05. The molecule has 6 nitrogen and oxygen atoms in total. The minimum Gasteiger partial charge on any atom is -0.356 e. The van der Waals surface area contributed by atoms with Crippen LogP contribution in [0.25, 0.3) is 0 Å². The fourth-order valence-electron chi connectivity index (χ4n) is 2.19. The van der Waals surface area contributed by atoms with Gasteiger partial charge in [0, 0.05) is 37.2 Å². The average molecular weight is 339 g/mol. The smallest absolute Gasteiger partial charge is 0.258 e. The van der Waals surface area contributed by atoms with Gasteiger partial charge < -0.3 is 10.2 Å². The molecule has 3 aromatic rings. The Morgan fingerprint density at radius 2 is 1.83 bits per heavy atom. The SMILES string of the molecule is Cc1nnc(NCc2ccc(N(C)C(=O)c3ccncc3)cc2)s1. The molecular formula is C17H17N5OS. The molecule has 1 aromatic carbocycles. The van der Waals surface area contributed by atoms with Gasteiger partial charge in [0.2, 0.25) is 5.13 Å². The molecule has 2 aromatic heterocycles. The van der Waals surface area contributed by atoms with Crippen molar-refractivity contribution in [3.8, 4) is 0 Å². The maximum Gasteiger partial charge on any atom is 0.258 e. The summed E-state index contributed by atoms with van der Waals surface area (Å²) in [5.74, 6) is -0.0624. The lowest BCUT2D eigenvalue weighted by Gasteiger charge is -2.17. The van der Waals surface area contributed by atoms with Gasteiger partial charge in [-0.1, -0.05) is 23.5 Å². The predicted octanol–water partition coefficient (Wildman–Crippen LogP) is 3.13. The number of aryl methyl sites for hydroxylation is 1. The fraction of sp³-hybridized carbons (Fsp3) is 0.176. The van der Waals surface area contributed by atoms with Crippen molar-refractivity contribution in [2.75, 3.05) is 17.3 Å². The van der Waals surface area contributed by atoms with Crippen LogP contribution in [0.5, 0.6) is 0 Å². The highest BCUT2D eigenvalue weighted by atomic mass is 32.1. The summed E-state index contributed by atoms with van der Waals surface area (Å²) in [4.78, 5) is 18.0. The number of amides is 1. The number of carbonyl (C=O) groups excluding carboxylic acids is 1. The zero-order valence-corrected chi connectivity index (χ0v) is 14.2. The van der Waals surface area contributed by atoms with Gasteiger partial charge in [0.25, 0.3) is 5.91 Å². The Hall–Kier alpha value is -2.80. The Labute approximate surface area is 144 Å². The number of nitrogens with zero attached hydrogens (tertiary/aromatic N) is 4. The van der Waals surface area contributed by atoms with E-state index in [0.29, 0.717) is 12.1 Å². The van der Waals surface area contributed by atoms with Gasteiger partial charge >= 0.3 is 0 Å². The van der Waals surface area contributed by atoms with Crippen LogP contribution in [0.4, 0.5) is 10.8 Å². The van der Waals surface area contributed by atoms with Crippen LogP contribution in [0, 0.1) is 6.92 Å². The zero-order chi connectivity index (χ0) is 16.9. The maximum absolute atomic E-state index is 12.4. The lowest BCUT2D eigenvalue weighted by molar-refractivity contribution is 0.0993. The molecule has 0 unspecified atom stereocenters. The first kappa shape index (κ1) is 16.1. The first-order valence-corrected chi connectivity index (χ1v) is 8.26. The van der Waals surface area contributed by atoms with Crippen LogP contribution in [0.3, 0.4) is 0 Å². The molecule has 0 bridgehead atoms. The van der Waals surface area contributed by atoms with E-state index in [1.54, 1.807) is 36.5 Å². The highest BCUT2D eigenvalue weighted by Crippen LogP contribution is 2.18. The topological polar surface area (TPSA) is 71.0 Å². The second-order valence-corrected chi connectivity index (χ2v) is 6.43. The van der Waals surface area contributed by atoms with Gasteiger partial charge in [-0.3, -0.25) is 9.78 Å². The molecule has 0 aliphatic heterocycles. The number of pyridine rings is 1. The first-order chi connectivity index (χ1) is 11.6. The second kappa shape index (κ2) is 7.18. The lowest BCUT2D eigenvalue weighted by atomic mass is 10.1. The van der Waals surface area contributed by atoms with Crippen LogP contribution in [0.15, 0.2) is 48.8 Å². The number of aromatic nitrogens is 3. The lowest BCUT2D eigenvalue weighted by Crippen LogP contribution is -2.26. The number of hydrogen-bond acceptors (Lipinski definition) is 6. The van der Waals surface area contributed by atoms with E-state index in [1.165, 1.54) is 11.3 Å². The molecule has 0 saturated heterocycles. The summed E-state index contributed by atoms with van der Waals surface area (Å²) in [7, 11) is 1.76. The Morgan fingerprint density at radius 1 is 1.12 bits per heavy atom. The van der Waals surface area contributed by atoms with Gasteiger partial charge in [-0.05, 0) is 36.8 Å². The summed E-state index contributed by atoms with van der Waals surface area (Å²) < 4.78 is 0. The summed E-state index contributed by atoms with van der Waals surface area (Å²) in [6.07, 6.45) is 3.23. The predicted molar refractivity (Wildman–Crippen MR) is 95.4 cm³/mol. The third kappa shape index (κ3) is 3.75. The monoisotopic (exact) mass is 339 g/mol. The molecule has 24 heavy (non-hydrogen) atoms. The van der Waals surface area contributed by atoms with E-state index in [9.17, 15) is 4.79 Å². The van der Waals surface area contributed by atoms with Crippen molar-refractivity contribution < 1.29 is 4.79 Å². The molecule has 0 atom stereocenters. The number of anilines is 2. The summed E-state index contributed by atoms with van der Waals surface area (Å²) in [6, 6.07) is 11.3. The van der Waals surface area contributed by atoms with E-state index in [4.69, 9.17) is 0 Å². The molecule has 0 spiro atoms. The molecule has 0 radical (unpaired) electrons. The third-order valence-electron chi connectivity index (χ3n) is 3.53. The molecule has 7 heteroatoms. The molecule has 3 rings (SSSR count). The van der Waals surface area contributed by atoms with E-state index >= 15 is 0 Å². The standard InChI is InChI=1S/C17H17N5OS/c1-12-20-21-17(24-12)19-11-13-3-5-15(6-4-13)22(2)16(23)14-7-9-18-10-8-14/h3-10H,11H2,1-2H3,(H,19,21). The summed E-state index contributed by atoms with van der Waals surface area (Å²) >= 11 is 1.53. The van der Waals surface area contributed by atoms with Gasteiger partial charge in [-0.15, -0.1) is 10.2 Å². The molecule has 0 aliphatic rings. The van der Waals surface area contributed by atoms with Crippen LogP contribution in [-0.4, -0.2) is 28.1 Å². The molecule has 1 amide bonds. The normalized spacial score (nSPS) is 10.4. The molecule has 122 valence electrons. The first-order valence-electron chi connectivity index (χ1n) is 7.44. The number of hydrogen-bond donors (Lipinski definition) is 1. The molecule has 0 fully saturated rings. The van der Waals surface area contributed by atoms with Crippen LogP contribution >= 0.6 is 11.3 Å². The summed E-state index contributed by atoms with van der Waals surface area (Å²) in [5, 5.41) is 13.0. The van der Waals surface area contributed by atoms with E-state index in [1.807, 2.05) is 31.2 Å². The van der Waals surface area contributed by atoms with Crippen molar-refractivity contribution in [3.05, 3.63) is 64.9 Å². The minimum absolute atomic E-state index is 0.0624. The summed E-state index contributed by atoms with van der Waals surface area (Å²) in [5.41, 5.74) is 2.56. The van der Waals surface area contributed by atoms with Gasteiger partial charge in [0.15, 0.2) is 0 Å². The Bertz CT molecular complexity index is 817. The van der Waals surface area contributed by atoms with Gasteiger partial charge in [0.05, 0.1) is 0 Å². The van der Waals surface area contributed by atoms with Crippen LogP contribution in [0.2, 0.25) is 0 Å². The van der Waals surface area contributed by atoms with Crippen LogP contribution in [-0.2, 0) is 6.54 Å². The minimum atomic E-state index is -0.0624. The largest absolute Gasteiger partial charge is 0.356 e. The van der Waals surface area contributed by atoms with Crippen molar-refractivity contribution in [1.82, 2.24) is 15.2 Å². The third-order valence-corrected chi connectivity index (χ3v) is 4.32. The molecule has 1 N–H and O–H groups in total. The van der Waals surface area contributed by atoms with Gasteiger partial charge in [-0.2, -0.15) is 0 Å². The number of benzene rings is 1. The van der Waals surface area contributed by atoms with E-state index < -0.39 is 0 Å². The Kier molecular flexibility index (Phi) is 4.81. The van der Waals surface area contributed by atoms with E-state index in [0.717, 1.165) is 21.4 Å².